The van der Waals surface area contributed by atoms with E-state index in [9.17, 15) is 4.79 Å². The van der Waals surface area contributed by atoms with E-state index < -0.39 is 0 Å². The summed E-state index contributed by atoms with van der Waals surface area (Å²) in [6.07, 6.45) is 4.28. The molecule has 1 amide bonds. The zero-order valence-electron chi connectivity index (χ0n) is 16.3. The van der Waals surface area contributed by atoms with Gasteiger partial charge in [-0.15, -0.1) is 0 Å². The Bertz CT molecular complexity index is 938. The average Bonchev–Trinajstić information content (AvgIpc) is 3.16. The van der Waals surface area contributed by atoms with E-state index in [-0.39, 0.29) is 5.91 Å². The monoisotopic (exact) mass is 380 g/mol. The number of carbonyl (C=O) groups excluding carboxylic acids is 1. The molecule has 3 rings (SSSR count). The van der Waals surface area contributed by atoms with Gasteiger partial charge in [0.15, 0.2) is 0 Å². The van der Waals surface area contributed by atoms with E-state index in [2.05, 4.69) is 15.4 Å². The van der Waals surface area contributed by atoms with Crippen LogP contribution in [0.5, 0.6) is 11.5 Å². The van der Waals surface area contributed by atoms with Crippen LogP contribution >= 0.6 is 0 Å². The minimum Gasteiger partial charge on any atom is -0.497 e. The van der Waals surface area contributed by atoms with Crippen molar-refractivity contribution >= 4 is 5.91 Å². The van der Waals surface area contributed by atoms with Crippen molar-refractivity contribution in [2.24, 2.45) is 0 Å². The molecule has 0 saturated heterocycles. The fourth-order valence-corrected chi connectivity index (χ4v) is 2.90. The Morgan fingerprint density at radius 2 is 1.89 bits per heavy atom. The molecule has 0 bridgehead atoms. The van der Waals surface area contributed by atoms with Gasteiger partial charge in [-0.2, -0.15) is 5.10 Å². The molecule has 0 unspecified atom stereocenters. The van der Waals surface area contributed by atoms with Crippen molar-refractivity contribution in [3.63, 3.8) is 0 Å². The predicted molar refractivity (Wildman–Crippen MR) is 106 cm³/mol. The molecule has 0 aliphatic heterocycles. The van der Waals surface area contributed by atoms with Gasteiger partial charge in [0, 0.05) is 37.1 Å². The second-order valence-corrected chi connectivity index (χ2v) is 6.24. The number of nitrogens with zero attached hydrogens (tertiary/aromatic N) is 3. The van der Waals surface area contributed by atoms with E-state index in [0.717, 1.165) is 17.5 Å². The van der Waals surface area contributed by atoms with Crippen LogP contribution in [0.15, 0.2) is 48.8 Å². The van der Waals surface area contributed by atoms with Gasteiger partial charge in [-0.1, -0.05) is 6.92 Å². The highest BCUT2D eigenvalue weighted by atomic mass is 16.5. The summed E-state index contributed by atoms with van der Waals surface area (Å²) in [6, 6.07) is 11.1. The van der Waals surface area contributed by atoms with Crippen molar-refractivity contribution in [3.8, 4) is 22.8 Å². The molecule has 0 radical (unpaired) electrons. The molecule has 0 aliphatic carbocycles. The van der Waals surface area contributed by atoms with E-state index in [4.69, 9.17) is 9.47 Å². The van der Waals surface area contributed by atoms with Crippen LogP contribution in [0, 0.1) is 0 Å². The Hall–Kier alpha value is -3.35. The molecule has 0 saturated carbocycles. The van der Waals surface area contributed by atoms with Gasteiger partial charge in [0.1, 0.15) is 17.2 Å². The number of nitrogens with one attached hydrogen (secondary N) is 1. The molecule has 0 fully saturated rings. The largest absolute Gasteiger partial charge is 0.497 e. The Balaban J connectivity index is 1.88. The van der Waals surface area contributed by atoms with Crippen LogP contribution in [-0.4, -0.2) is 34.9 Å². The van der Waals surface area contributed by atoms with Crippen LogP contribution in [0.3, 0.4) is 0 Å². The van der Waals surface area contributed by atoms with Crippen molar-refractivity contribution in [2.45, 2.75) is 26.4 Å². The molecular formula is C21H24N4O3. The maximum Gasteiger partial charge on any atom is 0.269 e. The second kappa shape index (κ2) is 9.03. The van der Waals surface area contributed by atoms with Crippen molar-refractivity contribution in [2.75, 3.05) is 14.2 Å². The Morgan fingerprint density at radius 3 is 2.57 bits per heavy atom. The zero-order chi connectivity index (χ0) is 19.9. The number of aryl methyl sites for hydroxylation is 1. The lowest BCUT2D eigenvalue weighted by Gasteiger charge is -2.08. The van der Waals surface area contributed by atoms with Crippen LogP contribution in [-0.2, 0) is 13.1 Å². The fourth-order valence-electron chi connectivity index (χ4n) is 2.90. The van der Waals surface area contributed by atoms with Gasteiger partial charge in [0.05, 0.1) is 19.9 Å². The maximum atomic E-state index is 12.8. The highest BCUT2D eigenvalue weighted by Crippen LogP contribution is 2.33. The third-order valence-electron chi connectivity index (χ3n) is 4.34. The minimum absolute atomic E-state index is 0.170. The van der Waals surface area contributed by atoms with Crippen LogP contribution in [0.25, 0.3) is 11.3 Å². The Morgan fingerprint density at radius 1 is 1.11 bits per heavy atom. The summed E-state index contributed by atoms with van der Waals surface area (Å²) in [5.74, 6) is 1.17. The first-order valence-corrected chi connectivity index (χ1v) is 9.13. The van der Waals surface area contributed by atoms with Gasteiger partial charge in [-0.3, -0.25) is 14.5 Å². The number of rotatable bonds is 8. The van der Waals surface area contributed by atoms with Crippen molar-refractivity contribution < 1.29 is 14.3 Å². The van der Waals surface area contributed by atoms with Crippen LogP contribution in [0.1, 0.15) is 29.4 Å². The normalized spacial score (nSPS) is 10.5. The molecule has 2 heterocycles. The summed E-state index contributed by atoms with van der Waals surface area (Å²) < 4.78 is 12.5. The lowest BCUT2D eigenvalue weighted by Crippen LogP contribution is -2.25. The van der Waals surface area contributed by atoms with Gasteiger partial charge in [-0.05, 0) is 42.3 Å². The van der Waals surface area contributed by atoms with E-state index in [1.807, 2.05) is 31.2 Å². The SMILES string of the molecule is CCCn1nc(-c2ccc(OC)cc2OC)cc1C(=O)NCc1ccncc1. The molecule has 1 N–H and O–H groups in total. The van der Waals surface area contributed by atoms with Gasteiger partial charge in [-0.25, -0.2) is 0 Å². The second-order valence-electron chi connectivity index (χ2n) is 6.24. The summed E-state index contributed by atoms with van der Waals surface area (Å²) in [7, 11) is 3.21. The standard InChI is InChI=1S/C21H24N4O3/c1-4-11-25-19(21(26)23-14-15-7-9-22-10-8-15)13-18(24-25)17-6-5-16(27-2)12-20(17)28-3/h5-10,12-13H,4,11,14H2,1-3H3,(H,23,26). The van der Waals surface area contributed by atoms with E-state index in [0.29, 0.717) is 36.0 Å². The lowest BCUT2D eigenvalue weighted by molar-refractivity contribution is 0.0940. The zero-order valence-corrected chi connectivity index (χ0v) is 16.3. The highest BCUT2D eigenvalue weighted by Gasteiger charge is 2.18. The van der Waals surface area contributed by atoms with Gasteiger partial charge in [0.2, 0.25) is 0 Å². The van der Waals surface area contributed by atoms with Crippen molar-refractivity contribution in [3.05, 3.63) is 60.0 Å². The minimum atomic E-state index is -0.170. The molecule has 146 valence electrons. The maximum absolute atomic E-state index is 12.8. The molecule has 28 heavy (non-hydrogen) atoms. The first-order valence-electron chi connectivity index (χ1n) is 9.13. The predicted octanol–water partition coefficient (Wildman–Crippen LogP) is 3.30. The number of pyridine rings is 1. The van der Waals surface area contributed by atoms with E-state index >= 15 is 0 Å². The Kier molecular flexibility index (Phi) is 6.26. The molecule has 1 aromatic carbocycles. The number of hydrogen-bond donors (Lipinski definition) is 1. The molecule has 0 atom stereocenters. The van der Waals surface area contributed by atoms with Gasteiger partial charge in [0.25, 0.3) is 5.91 Å². The molecule has 2 aromatic heterocycles. The van der Waals surface area contributed by atoms with E-state index in [1.54, 1.807) is 43.4 Å². The number of carbonyl (C=O) groups is 1. The number of aromatic nitrogens is 3. The molecule has 0 aliphatic rings. The number of methoxy groups -OCH3 is 2. The molecule has 7 nitrogen and oxygen atoms in total. The third kappa shape index (κ3) is 4.31. The smallest absolute Gasteiger partial charge is 0.269 e. The number of ether oxygens (including phenoxy) is 2. The topological polar surface area (TPSA) is 78.3 Å². The van der Waals surface area contributed by atoms with Crippen molar-refractivity contribution in [1.29, 1.82) is 0 Å². The summed E-state index contributed by atoms with van der Waals surface area (Å²) in [5, 5.41) is 7.58. The molecule has 0 spiro atoms. The Labute approximate surface area is 164 Å². The summed E-state index contributed by atoms with van der Waals surface area (Å²) in [5.41, 5.74) is 2.99. The number of amides is 1. The molecular weight excluding hydrogens is 356 g/mol. The van der Waals surface area contributed by atoms with Crippen LogP contribution < -0.4 is 14.8 Å². The highest BCUT2D eigenvalue weighted by molar-refractivity contribution is 5.94. The summed E-state index contributed by atoms with van der Waals surface area (Å²) in [6.45, 7) is 3.13. The van der Waals surface area contributed by atoms with Gasteiger partial charge >= 0.3 is 0 Å². The first kappa shape index (κ1) is 19.4. The van der Waals surface area contributed by atoms with Crippen LogP contribution in [0.2, 0.25) is 0 Å². The molecule has 7 heteroatoms. The van der Waals surface area contributed by atoms with Crippen LogP contribution in [0.4, 0.5) is 0 Å². The number of hydrogen-bond acceptors (Lipinski definition) is 5. The van der Waals surface area contributed by atoms with Crippen molar-refractivity contribution in [1.82, 2.24) is 20.1 Å². The summed E-state index contributed by atoms with van der Waals surface area (Å²) >= 11 is 0. The summed E-state index contributed by atoms with van der Waals surface area (Å²) in [4.78, 5) is 16.8. The van der Waals surface area contributed by atoms with E-state index in [1.165, 1.54) is 0 Å². The third-order valence-corrected chi connectivity index (χ3v) is 4.34. The fraction of sp³-hybridized carbons (Fsp3) is 0.286. The number of benzene rings is 1. The van der Waals surface area contributed by atoms with Gasteiger partial charge < -0.3 is 14.8 Å². The average molecular weight is 380 g/mol. The molecule has 3 aromatic rings. The lowest BCUT2D eigenvalue weighted by atomic mass is 10.1. The first-order chi connectivity index (χ1) is 13.7. The quantitative estimate of drug-likeness (QED) is 0.649.